The summed E-state index contributed by atoms with van der Waals surface area (Å²) in [5.74, 6) is -3.38. The van der Waals surface area contributed by atoms with E-state index in [4.69, 9.17) is 9.16 Å². The van der Waals surface area contributed by atoms with Crippen molar-refractivity contribution in [2.45, 2.75) is 58.5 Å². The molecule has 1 aliphatic heterocycles. The minimum absolute atomic E-state index is 0.0244. The van der Waals surface area contributed by atoms with Crippen molar-refractivity contribution >= 4 is 38.3 Å². The fraction of sp³-hybridized carbons (Fsp3) is 0.255. The van der Waals surface area contributed by atoms with Gasteiger partial charge in [0.25, 0.3) is 0 Å². The van der Waals surface area contributed by atoms with Crippen LogP contribution >= 0.6 is 0 Å². The fourth-order valence-electron chi connectivity index (χ4n) is 7.29. The highest BCUT2D eigenvalue weighted by molar-refractivity contribution is 6.48. The first-order valence-corrected chi connectivity index (χ1v) is 21.5. The molecule has 5 aromatic carbocycles. The zero-order valence-corrected chi connectivity index (χ0v) is 34.1. The van der Waals surface area contributed by atoms with E-state index in [1.54, 1.807) is 54.6 Å². The van der Waals surface area contributed by atoms with E-state index in [0.717, 1.165) is 16.7 Å². The smallest absolute Gasteiger partial charge is 0.417 e. The van der Waals surface area contributed by atoms with Crippen LogP contribution in [-0.2, 0) is 14.0 Å². The van der Waals surface area contributed by atoms with Crippen molar-refractivity contribution in [2.24, 2.45) is 11.3 Å². The second-order valence-electron chi connectivity index (χ2n) is 15.6. The van der Waals surface area contributed by atoms with Crippen molar-refractivity contribution in [3.8, 4) is 11.1 Å². The molecule has 0 bridgehead atoms. The van der Waals surface area contributed by atoms with Gasteiger partial charge in [-0.3, -0.25) is 4.79 Å². The standard InChI is InChI=1S/C47H47F2N2O6Si/c1-47(2,3)43(57-58(4)5)38(31-19-21-34(48)22-20-31)27-28-40(44(52)51-41(29-56-46(51)55)32-11-7-6-8-12-32)42(50-36-25-23-35(49)24-26-36)33-17-15-30(16-18-33)37-13-9-10-14-39(37)45(53)54/h6-27,40-43,50H,28-29H2,1-5H3,(H,53,54)/t40-,41-,42-,43?/m1/s1. The number of carbonyl (C=O) groups excluding carboxylic acids is 2. The van der Waals surface area contributed by atoms with Gasteiger partial charge in [0.15, 0.2) is 0 Å². The number of nitrogens with one attached hydrogen (secondary N) is 1. The third kappa shape index (κ3) is 9.78. The molecule has 1 saturated heterocycles. The lowest BCUT2D eigenvalue weighted by Gasteiger charge is -2.36. The first-order valence-electron chi connectivity index (χ1n) is 19.1. The maximum absolute atomic E-state index is 15.3. The van der Waals surface area contributed by atoms with Gasteiger partial charge in [0, 0.05) is 5.69 Å². The van der Waals surface area contributed by atoms with Crippen molar-refractivity contribution in [3.05, 3.63) is 167 Å². The highest BCUT2D eigenvalue weighted by Crippen LogP contribution is 2.40. The van der Waals surface area contributed by atoms with Gasteiger partial charge in [-0.15, -0.1) is 0 Å². The number of cyclic esters (lactones) is 1. The summed E-state index contributed by atoms with van der Waals surface area (Å²) in [6, 6.07) is 33.6. The highest BCUT2D eigenvalue weighted by atomic mass is 28.3. The van der Waals surface area contributed by atoms with Crippen LogP contribution < -0.4 is 5.32 Å². The van der Waals surface area contributed by atoms with E-state index in [-0.39, 0.29) is 18.6 Å². The van der Waals surface area contributed by atoms with Gasteiger partial charge in [-0.25, -0.2) is 23.3 Å². The molecule has 2 N–H and O–H groups in total. The van der Waals surface area contributed by atoms with Gasteiger partial charge < -0.3 is 19.6 Å². The number of nitrogens with zero attached hydrogens (tertiary/aromatic N) is 1. The Labute approximate surface area is 339 Å². The number of ether oxygens (including phenoxy) is 1. The minimum atomic E-state index is -1.26. The van der Waals surface area contributed by atoms with E-state index in [1.165, 1.54) is 35.2 Å². The normalized spacial score (nSPS) is 16.1. The van der Waals surface area contributed by atoms with Crippen molar-refractivity contribution < 1.29 is 37.4 Å². The van der Waals surface area contributed by atoms with Crippen molar-refractivity contribution in [2.75, 3.05) is 11.9 Å². The summed E-state index contributed by atoms with van der Waals surface area (Å²) in [5, 5.41) is 13.4. The average Bonchev–Trinajstić information content (AvgIpc) is 3.60. The molecule has 6 rings (SSSR count). The van der Waals surface area contributed by atoms with Gasteiger partial charge in [0.2, 0.25) is 14.9 Å². The molecule has 299 valence electrons. The zero-order chi connectivity index (χ0) is 41.6. The van der Waals surface area contributed by atoms with Gasteiger partial charge in [0.1, 0.15) is 24.3 Å². The first-order chi connectivity index (χ1) is 27.7. The van der Waals surface area contributed by atoms with Crippen molar-refractivity contribution in [1.29, 1.82) is 0 Å². The predicted octanol–water partition coefficient (Wildman–Crippen LogP) is 11.0. The highest BCUT2D eigenvalue weighted by Gasteiger charge is 2.44. The summed E-state index contributed by atoms with van der Waals surface area (Å²) < 4.78 is 40.7. The largest absolute Gasteiger partial charge is 0.478 e. The van der Waals surface area contributed by atoms with Gasteiger partial charge in [-0.1, -0.05) is 112 Å². The number of halogens is 2. The molecule has 58 heavy (non-hydrogen) atoms. The molecule has 1 radical (unpaired) electrons. The molecule has 5 aromatic rings. The second-order valence-corrected chi connectivity index (χ2v) is 17.6. The molecule has 4 atom stereocenters. The Kier molecular flexibility index (Phi) is 13.0. The molecule has 0 aromatic heterocycles. The molecule has 11 heteroatoms. The number of imide groups is 1. The summed E-state index contributed by atoms with van der Waals surface area (Å²) in [5.41, 5.74) is 4.30. The number of carboxylic acid groups (broad SMARTS) is 1. The molecule has 0 aliphatic carbocycles. The van der Waals surface area contributed by atoms with Crippen LogP contribution in [0.5, 0.6) is 0 Å². The molecule has 1 unspecified atom stereocenters. The molecule has 1 aliphatic rings. The van der Waals surface area contributed by atoms with Gasteiger partial charge in [-0.2, -0.15) is 0 Å². The van der Waals surface area contributed by atoms with Crippen LogP contribution in [0.4, 0.5) is 19.3 Å². The van der Waals surface area contributed by atoms with Gasteiger partial charge >= 0.3 is 12.1 Å². The Morgan fingerprint density at radius 2 is 1.48 bits per heavy atom. The minimum Gasteiger partial charge on any atom is -0.478 e. The Bertz CT molecular complexity index is 2240. The van der Waals surface area contributed by atoms with E-state index in [9.17, 15) is 23.5 Å². The van der Waals surface area contributed by atoms with E-state index < -0.39 is 68.2 Å². The predicted molar refractivity (Wildman–Crippen MR) is 223 cm³/mol. The summed E-state index contributed by atoms with van der Waals surface area (Å²) in [4.78, 5) is 42.2. The van der Waals surface area contributed by atoms with Crippen LogP contribution in [0.3, 0.4) is 0 Å². The van der Waals surface area contributed by atoms with Crippen LogP contribution in [-0.4, -0.2) is 49.7 Å². The fourth-order valence-corrected chi connectivity index (χ4v) is 8.24. The number of hydrogen-bond acceptors (Lipinski definition) is 6. The quantitative estimate of drug-likeness (QED) is 0.108. The molecular weight excluding hydrogens is 755 g/mol. The van der Waals surface area contributed by atoms with Crippen LogP contribution in [0.1, 0.15) is 66.3 Å². The number of carboxylic acids is 1. The lowest BCUT2D eigenvalue weighted by molar-refractivity contribution is -0.134. The van der Waals surface area contributed by atoms with Crippen molar-refractivity contribution in [3.63, 3.8) is 0 Å². The average molecular weight is 802 g/mol. The lowest BCUT2D eigenvalue weighted by atomic mass is 9.80. The molecule has 0 spiro atoms. The SMILES string of the molecule is C[Si](C)OC(C(=CC[C@@H](C(=O)N1C(=O)OC[C@@H]1c1ccccc1)[C@H](Nc1ccc(F)cc1)c1ccc(-c2ccccc2C(=O)O)cc1)c1ccc(F)cc1)C(C)(C)C. The van der Waals surface area contributed by atoms with E-state index in [0.29, 0.717) is 22.4 Å². The van der Waals surface area contributed by atoms with E-state index in [2.05, 4.69) is 26.1 Å². The number of rotatable bonds is 14. The Morgan fingerprint density at radius 1 is 0.879 bits per heavy atom. The number of allylic oxidation sites excluding steroid dienone is 1. The number of carbonyl (C=O) groups is 3. The molecule has 1 heterocycles. The maximum Gasteiger partial charge on any atom is 0.417 e. The third-order valence-corrected chi connectivity index (χ3v) is 10.8. The van der Waals surface area contributed by atoms with Crippen LogP contribution in [0, 0.1) is 23.0 Å². The molecule has 2 amide bonds. The topological polar surface area (TPSA) is 105 Å². The summed E-state index contributed by atoms with van der Waals surface area (Å²) >= 11 is 0. The van der Waals surface area contributed by atoms with Crippen molar-refractivity contribution in [1.82, 2.24) is 4.90 Å². The first kappa shape index (κ1) is 41.7. The molecule has 8 nitrogen and oxygen atoms in total. The Morgan fingerprint density at radius 3 is 2.09 bits per heavy atom. The van der Waals surface area contributed by atoms with Gasteiger partial charge in [-0.05, 0) is 101 Å². The number of aromatic carboxylic acids is 1. The second kappa shape index (κ2) is 18.1. The number of amides is 2. The third-order valence-electron chi connectivity index (χ3n) is 10.1. The number of benzene rings is 5. The summed E-state index contributed by atoms with van der Waals surface area (Å²) in [6.45, 7) is 10.3. The lowest BCUT2D eigenvalue weighted by Crippen LogP contribution is -2.42. The molecular formula is C47H47F2N2O6Si. The number of hydrogen-bond donors (Lipinski definition) is 2. The molecule has 1 fully saturated rings. The Hall–Kier alpha value is -5.91. The van der Waals surface area contributed by atoms with Crippen LogP contribution in [0.2, 0.25) is 13.1 Å². The zero-order valence-electron chi connectivity index (χ0n) is 33.1. The van der Waals surface area contributed by atoms with E-state index >= 15 is 4.79 Å². The van der Waals surface area contributed by atoms with E-state index in [1.807, 2.05) is 61.6 Å². The van der Waals surface area contributed by atoms with Crippen LogP contribution in [0.25, 0.3) is 16.7 Å². The van der Waals surface area contributed by atoms with Crippen LogP contribution in [0.15, 0.2) is 133 Å². The molecule has 0 saturated carbocycles. The monoisotopic (exact) mass is 801 g/mol. The summed E-state index contributed by atoms with van der Waals surface area (Å²) in [6.07, 6.45) is 0.827. The Balaban J connectivity index is 1.53. The number of anilines is 1. The summed E-state index contributed by atoms with van der Waals surface area (Å²) in [7, 11) is -1.26. The van der Waals surface area contributed by atoms with Gasteiger partial charge in [0.05, 0.1) is 23.6 Å². The maximum atomic E-state index is 15.3.